The number of nitrogens with one attached hydrogen (secondary N) is 4. The van der Waals surface area contributed by atoms with E-state index in [2.05, 4.69) is 51.5 Å². The van der Waals surface area contributed by atoms with Crippen LogP contribution in [0.4, 0.5) is 4.79 Å². The van der Waals surface area contributed by atoms with Crippen LogP contribution in [0.25, 0.3) is 0 Å². The first-order valence-corrected chi connectivity index (χ1v) is 10.4. The fraction of sp³-hybridized carbons (Fsp3) is 0.364. The number of fused-ring (bicyclic) bond motifs is 1. The molecule has 1 saturated heterocycles. The van der Waals surface area contributed by atoms with Gasteiger partial charge < -0.3 is 16.0 Å². The molecule has 1 saturated carbocycles. The van der Waals surface area contributed by atoms with E-state index >= 15 is 0 Å². The minimum absolute atomic E-state index is 0.229. The summed E-state index contributed by atoms with van der Waals surface area (Å²) in [6.07, 6.45) is 7.40. The van der Waals surface area contributed by atoms with Crippen molar-refractivity contribution >= 4 is 24.0 Å². The monoisotopic (exact) mass is 419 g/mol. The van der Waals surface area contributed by atoms with E-state index in [1.54, 1.807) is 12.3 Å². The Bertz CT molecular complexity index is 1070. The Morgan fingerprint density at radius 2 is 2.16 bits per heavy atom. The number of amidine groups is 1. The number of hydrogen-bond acceptors (Lipinski definition) is 6. The number of hydrogen-bond donors (Lipinski definition) is 4. The normalized spacial score (nSPS) is 29.5. The minimum atomic E-state index is -0.640. The molecule has 3 aliphatic heterocycles. The van der Waals surface area contributed by atoms with Crippen molar-refractivity contribution in [2.45, 2.75) is 45.4 Å². The lowest BCUT2D eigenvalue weighted by Crippen LogP contribution is -2.55. The first-order valence-electron chi connectivity index (χ1n) is 10.4. The van der Waals surface area contributed by atoms with E-state index in [4.69, 9.17) is 4.99 Å². The van der Waals surface area contributed by atoms with Crippen molar-refractivity contribution in [3.63, 3.8) is 0 Å². The Labute approximate surface area is 180 Å². The van der Waals surface area contributed by atoms with Gasteiger partial charge in [-0.3, -0.25) is 15.1 Å². The van der Waals surface area contributed by atoms with Crippen molar-refractivity contribution in [1.29, 1.82) is 0 Å². The summed E-state index contributed by atoms with van der Waals surface area (Å²) in [4.78, 5) is 28.4. The van der Waals surface area contributed by atoms with Crippen molar-refractivity contribution in [2.24, 2.45) is 15.5 Å². The second-order valence-corrected chi connectivity index (χ2v) is 8.59. The molecular weight excluding hydrogens is 394 g/mol. The highest BCUT2D eigenvalue weighted by atomic mass is 16.2. The second kappa shape index (κ2) is 7.26. The third-order valence-corrected chi connectivity index (χ3v) is 5.70. The number of imide groups is 1. The van der Waals surface area contributed by atoms with Crippen molar-refractivity contribution in [2.75, 3.05) is 0 Å². The zero-order valence-electron chi connectivity index (χ0n) is 17.5. The van der Waals surface area contributed by atoms with Gasteiger partial charge in [0.2, 0.25) is 0 Å². The number of aliphatic imine (C=N–C) groups is 1. The highest BCUT2D eigenvalue weighted by Crippen LogP contribution is 2.35. The smallest absolute Gasteiger partial charge is 0.326 e. The summed E-state index contributed by atoms with van der Waals surface area (Å²) in [7, 11) is 0. The van der Waals surface area contributed by atoms with Crippen LogP contribution >= 0.6 is 0 Å². The van der Waals surface area contributed by atoms with Gasteiger partial charge in [-0.1, -0.05) is 29.8 Å². The molecule has 3 amide bonds. The predicted octanol–water partition coefficient (Wildman–Crippen LogP) is 1.45. The zero-order valence-corrected chi connectivity index (χ0v) is 17.5. The van der Waals surface area contributed by atoms with E-state index in [0.717, 1.165) is 24.5 Å². The number of aryl methyl sites for hydroxylation is 1. The highest BCUT2D eigenvalue weighted by molar-refractivity contribution is 6.12. The molecule has 0 bridgehead atoms. The summed E-state index contributed by atoms with van der Waals surface area (Å²) in [5.41, 5.74) is 1.99. The number of amides is 3. The van der Waals surface area contributed by atoms with E-state index in [9.17, 15) is 9.59 Å². The van der Waals surface area contributed by atoms with Crippen LogP contribution in [0.1, 0.15) is 30.9 Å². The van der Waals surface area contributed by atoms with Crippen LogP contribution in [0.5, 0.6) is 0 Å². The fourth-order valence-electron chi connectivity index (χ4n) is 3.90. The Morgan fingerprint density at radius 3 is 2.87 bits per heavy atom. The molecule has 4 aliphatic rings. The minimum Gasteiger partial charge on any atom is -0.368 e. The summed E-state index contributed by atoms with van der Waals surface area (Å²) in [5, 5.41) is 18.2. The summed E-state index contributed by atoms with van der Waals surface area (Å²) < 4.78 is 0. The van der Waals surface area contributed by atoms with Crippen LogP contribution in [0, 0.1) is 12.3 Å². The molecular formula is C22H25N7O2. The van der Waals surface area contributed by atoms with Gasteiger partial charge in [-0.15, -0.1) is 0 Å². The first kappa shape index (κ1) is 19.3. The number of carbonyl (C=O) groups excluding carboxylic acids is 2. The maximum Gasteiger partial charge on any atom is 0.326 e. The van der Waals surface area contributed by atoms with Crippen LogP contribution in [0.2, 0.25) is 0 Å². The quantitative estimate of drug-likeness (QED) is 0.427. The van der Waals surface area contributed by atoms with Gasteiger partial charge in [-0.25, -0.2) is 9.80 Å². The zero-order chi connectivity index (χ0) is 21.6. The molecule has 3 heterocycles. The summed E-state index contributed by atoms with van der Waals surface area (Å²) in [6.45, 7) is 4.71. The standard InChI is InChI=1S/C22H25N7O2/c1-13-4-3-5-14(8-13)11-23-17-9-18(25-15-6-7-15)29-20(27-17)22(2,12-24-29)10-16-19(30)28-21(31)26-16/h3-5,8-10,12,15,20,23,27H,6-7,11H2,1-2H3,(H2,26,28,30,31)/b16-10-,25-18?. The third-order valence-electron chi connectivity index (χ3n) is 5.70. The van der Waals surface area contributed by atoms with E-state index < -0.39 is 17.4 Å². The number of rotatable bonds is 5. The highest BCUT2D eigenvalue weighted by Gasteiger charge is 2.45. The summed E-state index contributed by atoms with van der Waals surface area (Å²) in [6, 6.07) is 8.18. The maximum absolute atomic E-state index is 12.1. The van der Waals surface area contributed by atoms with Crippen LogP contribution in [-0.4, -0.2) is 41.2 Å². The summed E-state index contributed by atoms with van der Waals surface area (Å²) >= 11 is 0. The van der Waals surface area contributed by atoms with Crippen LogP contribution < -0.4 is 21.3 Å². The Kier molecular flexibility index (Phi) is 4.53. The molecule has 2 unspecified atom stereocenters. The van der Waals surface area contributed by atoms with E-state index in [1.165, 1.54) is 11.1 Å². The molecule has 1 aromatic carbocycles. The molecule has 9 nitrogen and oxygen atoms in total. The van der Waals surface area contributed by atoms with E-state index in [-0.39, 0.29) is 11.9 Å². The van der Waals surface area contributed by atoms with E-state index in [0.29, 0.717) is 12.6 Å². The largest absolute Gasteiger partial charge is 0.368 e. The van der Waals surface area contributed by atoms with Gasteiger partial charge in [-0.05, 0) is 38.3 Å². The van der Waals surface area contributed by atoms with Gasteiger partial charge in [0.25, 0.3) is 5.91 Å². The number of hydrazone groups is 1. The molecule has 2 atom stereocenters. The van der Waals surface area contributed by atoms with Crippen LogP contribution in [0.3, 0.4) is 0 Å². The van der Waals surface area contributed by atoms with Gasteiger partial charge in [0.15, 0.2) is 0 Å². The lowest BCUT2D eigenvalue weighted by molar-refractivity contribution is -0.115. The van der Waals surface area contributed by atoms with Crippen molar-refractivity contribution in [3.8, 4) is 0 Å². The third kappa shape index (κ3) is 3.90. The molecule has 31 heavy (non-hydrogen) atoms. The number of carbonyl (C=O) groups is 2. The van der Waals surface area contributed by atoms with Crippen LogP contribution in [0.15, 0.2) is 58.0 Å². The predicted molar refractivity (Wildman–Crippen MR) is 117 cm³/mol. The average molecular weight is 419 g/mol. The number of benzene rings is 1. The van der Waals surface area contributed by atoms with Gasteiger partial charge >= 0.3 is 6.03 Å². The molecule has 0 aromatic heterocycles. The van der Waals surface area contributed by atoms with Gasteiger partial charge in [0, 0.05) is 18.8 Å². The molecule has 160 valence electrons. The number of urea groups is 1. The van der Waals surface area contributed by atoms with Crippen LogP contribution in [-0.2, 0) is 11.3 Å². The number of nitrogens with zero attached hydrogens (tertiary/aromatic N) is 3. The fourth-order valence-corrected chi connectivity index (χ4v) is 3.90. The van der Waals surface area contributed by atoms with Crippen molar-refractivity contribution < 1.29 is 9.59 Å². The maximum atomic E-state index is 12.1. The first-order chi connectivity index (χ1) is 14.9. The molecule has 0 radical (unpaired) electrons. The molecule has 1 aromatic rings. The van der Waals surface area contributed by atoms with Crippen molar-refractivity contribution in [3.05, 3.63) is 59.1 Å². The lowest BCUT2D eigenvalue weighted by Gasteiger charge is -2.38. The lowest BCUT2D eigenvalue weighted by atomic mass is 9.87. The molecule has 0 spiro atoms. The van der Waals surface area contributed by atoms with Gasteiger partial charge in [0.05, 0.1) is 11.5 Å². The Morgan fingerprint density at radius 1 is 1.32 bits per heavy atom. The average Bonchev–Trinajstić information content (AvgIpc) is 3.40. The summed E-state index contributed by atoms with van der Waals surface area (Å²) in [5.74, 6) is 1.20. The molecule has 1 aliphatic carbocycles. The second-order valence-electron chi connectivity index (χ2n) is 8.59. The topological polar surface area (TPSA) is 110 Å². The van der Waals surface area contributed by atoms with E-state index in [1.807, 2.05) is 24.1 Å². The SMILES string of the molecule is Cc1cccc(CNC2=CC(=NC3CC3)N3N=CC(C)(/C=C4\NC(=O)NC4=O)C3N2)c1. The van der Waals surface area contributed by atoms with Crippen molar-refractivity contribution in [1.82, 2.24) is 26.3 Å². The Hall–Kier alpha value is -3.62. The molecule has 2 fully saturated rings. The van der Waals surface area contributed by atoms with Gasteiger partial charge in [-0.2, -0.15) is 5.10 Å². The van der Waals surface area contributed by atoms with Gasteiger partial charge in [0.1, 0.15) is 23.5 Å². The Balaban J connectivity index is 1.41. The molecule has 5 rings (SSSR count). The molecule has 4 N–H and O–H groups in total. The molecule has 9 heteroatoms.